The Morgan fingerprint density at radius 1 is 0.171 bits per heavy atom. The summed E-state index contributed by atoms with van der Waals surface area (Å²) in [5.74, 6) is 0. The van der Waals surface area contributed by atoms with Gasteiger partial charge in [0.1, 0.15) is 0 Å². The second-order valence-electron chi connectivity index (χ2n) is 15.7. The van der Waals surface area contributed by atoms with Crippen LogP contribution in [0.25, 0.3) is 0 Å². The van der Waals surface area contributed by atoms with E-state index in [1.165, 1.54) is 0 Å². The van der Waals surface area contributed by atoms with E-state index in [0.717, 1.165) is 46.7 Å². The molecule has 0 aliphatic heterocycles. The summed E-state index contributed by atoms with van der Waals surface area (Å²) in [4.78, 5) is 35.1. The van der Waals surface area contributed by atoms with Crippen molar-refractivity contribution in [3.8, 4) is 0 Å². The van der Waals surface area contributed by atoms with Crippen LogP contribution in [0.2, 0.25) is 45.2 Å². The molecule has 9 aromatic rings. The standard InChI is InChI=1S/3C18H13Cl3OSi.V/c3*19-13-1-7-16(8-2-13)23(22,17-9-3-14(20)4-10-17)18-11-5-15(21)6-12-18;/h3*1-12,22H;. The van der Waals surface area contributed by atoms with E-state index in [9.17, 15) is 14.4 Å². The van der Waals surface area contributed by atoms with Crippen molar-refractivity contribution in [1.29, 1.82) is 0 Å². The van der Waals surface area contributed by atoms with Crippen molar-refractivity contribution in [2.24, 2.45) is 0 Å². The van der Waals surface area contributed by atoms with Crippen LogP contribution in [0.5, 0.6) is 0 Å². The Labute approximate surface area is 468 Å². The first kappa shape index (κ1) is 56.0. The van der Waals surface area contributed by atoms with Crippen molar-refractivity contribution in [2.45, 2.75) is 0 Å². The molecule has 0 saturated carbocycles. The zero-order chi connectivity index (χ0) is 49.3. The van der Waals surface area contributed by atoms with Gasteiger partial charge in [-0.1, -0.05) is 214 Å². The third-order valence-electron chi connectivity index (χ3n) is 11.4. The van der Waals surface area contributed by atoms with Crippen LogP contribution in [0.15, 0.2) is 218 Å². The zero-order valence-corrected chi connectivity index (χ0v) is 47.7. The molecule has 0 heterocycles. The minimum atomic E-state index is -3.12. The Bertz CT molecular complexity index is 2410. The molecule has 0 saturated heterocycles. The Balaban J connectivity index is 0.000000171. The maximum atomic E-state index is 11.7. The first-order valence-corrected chi connectivity index (χ1v) is 30.3. The molecule has 0 spiro atoms. The molecule has 353 valence electrons. The maximum Gasteiger partial charge on any atom is 0.285 e. The minimum absolute atomic E-state index is 0. The quantitative estimate of drug-likeness (QED) is 0.0997. The molecule has 0 amide bonds. The predicted molar refractivity (Wildman–Crippen MR) is 304 cm³/mol. The molecule has 9 rings (SSSR count). The number of rotatable bonds is 9. The molecule has 0 atom stereocenters. The molecular weight excluding hydrogens is 1150 g/mol. The van der Waals surface area contributed by atoms with Gasteiger partial charge >= 0.3 is 0 Å². The SMILES string of the molecule is O[Si](c1ccc(Cl)cc1)(c1ccc(Cl)cc1)c1ccc(Cl)cc1.O[Si](c1ccc(Cl)cc1)(c1ccc(Cl)cc1)c1ccc(Cl)cc1.O[Si](c1ccc(Cl)cc1)(c1ccc(Cl)cc1)c1ccc(Cl)cc1.[V]. The van der Waals surface area contributed by atoms with Gasteiger partial charge in [-0.25, -0.2) is 0 Å². The van der Waals surface area contributed by atoms with E-state index in [2.05, 4.69) is 0 Å². The van der Waals surface area contributed by atoms with Gasteiger partial charge in [0.2, 0.25) is 0 Å². The molecule has 0 unspecified atom stereocenters. The molecule has 70 heavy (non-hydrogen) atoms. The van der Waals surface area contributed by atoms with E-state index in [0.29, 0.717) is 45.2 Å². The van der Waals surface area contributed by atoms with Gasteiger partial charge in [0.05, 0.1) is 0 Å². The van der Waals surface area contributed by atoms with Crippen molar-refractivity contribution in [2.75, 3.05) is 0 Å². The fourth-order valence-corrected chi connectivity index (χ4v) is 17.7. The van der Waals surface area contributed by atoms with Gasteiger partial charge in [-0.05, 0) is 156 Å². The van der Waals surface area contributed by atoms with Crippen molar-refractivity contribution in [3.63, 3.8) is 0 Å². The summed E-state index contributed by atoms with van der Waals surface area (Å²) < 4.78 is 0. The molecule has 0 fully saturated rings. The van der Waals surface area contributed by atoms with Crippen LogP contribution < -0.4 is 46.7 Å². The normalized spacial score (nSPS) is 11.3. The van der Waals surface area contributed by atoms with Crippen molar-refractivity contribution in [3.05, 3.63) is 264 Å². The third kappa shape index (κ3) is 13.3. The number of benzene rings is 9. The molecule has 0 aliphatic rings. The van der Waals surface area contributed by atoms with Crippen LogP contribution in [0.1, 0.15) is 0 Å². The van der Waals surface area contributed by atoms with Crippen molar-refractivity contribution < 1.29 is 32.9 Å². The van der Waals surface area contributed by atoms with E-state index >= 15 is 0 Å². The average molecular weight is 1190 g/mol. The van der Waals surface area contributed by atoms with Crippen molar-refractivity contribution in [1.82, 2.24) is 0 Å². The summed E-state index contributed by atoms with van der Waals surface area (Å²) >= 11 is 53.9. The van der Waals surface area contributed by atoms with Gasteiger partial charge in [0.25, 0.3) is 25.0 Å². The first-order valence-electron chi connectivity index (χ1n) is 21.0. The monoisotopic (exact) mass is 1180 g/mol. The van der Waals surface area contributed by atoms with Gasteiger partial charge in [-0.3, -0.25) is 0 Å². The molecule has 3 nitrogen and oxygen atoms in total. The Kier molecular flexibility index (Phi) is 20.1. The summed E-state index contributed by atoms with van der Waals surface area (Å²) in [6.07, 6.45) is 0. The van der Waals surface area contributed by atoms with E-state index in [-0.39, 0.29) is 18.6 Å². The van der Waals surface area contributed by atoms with Gasteiger partial charge in [0.15, 0.2) is 0 Å². The second-order valence-corrected chi connectivity index (χ2v) is 29.1. The molecule has 16 heteroatoms. The second kappa shape index (κ2) is 25.1. The van der Waals surface area contributed by atoms with Crippen LogP contribution in [0.3, 0.4) is 0 Å². The fourth-order valence-electron chi connectivity index (χ4n) is 7.72. The largest absolute Gasteiger partial charge is 0.421 e. The first-order chi connectivity index (χ1) is 33.0. The molecule has 0 aliphatic carbocycles. The Hall–Kier alpha value is -3.29. The van der Waals surface area contributed by atoms with Gasteiger partial charge < -0.3 is 14.4 Å². The van der Waals surface area contributed by atoms with Crippen molar-refractivity contribution >= 4 is 176 Å². The third-order valence-corrected chi connectivity index (χ3v) is 24.1. The van der Waals surface area contributed by atoms with Crippen LogP contribution in [0.4, 0.5) is 0 Å². The van der Waals surface area contributed by atoms with E-state index in [1.54, 1.807) is 109 Å². The van der Waals surface area contributed by atoms with Crippen LogP contribution in [0, 0.1) is 0 Å². The Morgan fingerprint density at radius 3 is 0.314 bits per heavy atom. The molecule has 0 aromatic heterocycles. The molecule has 0 bridgehead atoms. The smallest absolute Gasteiger partial charge is 0.285 e. The van der Waals surface area contributed by atoms with E-state index in [4.69, 9.17) is 104 Å². The summed E-state index contributed by atoms with van der Waals surface area (Å²) in [5, 5.41) is 13.4. The van der Waals surface area contributed by atoms with Crippen LogP contribution in [-0.4, -0.2) is 39.3 Å². The molecular formula is C54H39Cl9O3Si3V. The number of halogens is 9. The molecule has 9 aromatic carbocycles. The maximum absolute atomic E-state index is 11.7. The molecule has 1 radical (unpaired) electrons. The Morgan fingerprint density at radius 2 is 0.243 bits per heavy atom. The summed E-state index contributed by atoms with van der Waals surface area (Å²) in [6.45, 7) is 0. The molecule has 3 N–H and O–H groups in total. The summed E-state index contributed by atoms with van der Waals surface area (Å²) in [6, 6.07) is 66.0. The average Bonchev–Trinajstić information content (AvgIpc) is 3.35. The topological polar surface area (TPSA) is 60.7 Å². The van der Waals surface area contributed by atoms with E-state index < -0.39 is 25.0 Å². The van der Waals surface area contributed by atoms with Crippen LogP contribution in [-0.2, 0) is 18.6 Å². The number of hydrogen-bond acceptors (Lipinski definition) is 3. The zero-order valence-electron chi connectivity index (χ0n) is 36.5. The van der Waals surface area contributed by atoms with E-state index in [1.807, 2.05) is 109 Å². The fraction of sp³-hybridized carbons (Fsp3) is 0. The predicted octanol–water partition coefficient (Wildman–Crippen LogP) is 10.8. The number of hydrogen-bond donors (Lipinski definition) is 3. The van der Waals surface area contributed by atoms with Crippen LogP contribution >= 0.6 is 104 Å². The summed E-state index contributed by atoms with van der Waals surface area (Å²) in [7, 11) is -9.37. The van der Waals surface area contributed by atoms with Gasteiger partial charge in [-0.2, -0.15) is 0 Å². The van der Waals surface area contributed by atoms with Gasteiger partial charge in [0, 0.05) is 63.8 Å². The van der Waals surface area contributed by atoms with Gasteiger partial charge in [-0.15, -0.1) is 0 Å². The summed E-state index contributed by atoms with van der Waals surface area (Å²) in [5.41, 5.74) is 0. The minimum Gasteiger partial charge on any atom is -0.421 e.